The zero-order valence-corrected chi connectivity index (χ0v) is 11.0. The molecule has 1 N–H and O–H groups in total. The van der Waals surface area contributed by atoms with Crippen LogP contribution in [-0.4, -0.2) is 30.7 Å². The van der Waals surface area contributed by atoms with E-state index < -0.39 is 5.97 Å². The summed E-state index contributed by atoms with van der Waals surface area (Å²) < 4.78 is 1.46. The second-order valence-corrected chi connectivity index (χ2v) is 4.60. The fraction of sp³-hybridized carbons (Fsp3) is 0.143. The molecule has 0 saturated carbocycles. The predicted molar refractivity (Wildman–Crippen MR) is 72.7 cm³/mol. The van der Waals surface area contributed by atoms with E-state index in [2.05, 4.69) is 21.1 Å². The summed E-state index contributed by atoms with van der Waals surface area (Å²) in [7, 11) is 0. The molecule has 0 unspecified atom stereocenters. The van der Waals surface area contributed by atoms with E-state index in [-0.39, 0.29) is 11.6 Å². The first-order chi connectivity index (χ1) is 9.56. The molecule has 20 heavy (non-hydrogen) atoms. The predicted octanol–water partition coefficient (Wildman–Crippen LogP) is 2.11. The van der Waals surface area contributed by atoms with Gasteiger partial charge >= 0.3 is 5.97 Å². The third kappa shape index (κ3) is 1.91. The number of hydrogen-bond donors (Lipinski definition) is 1. The van der Waals surface area contributed by atoms with Crippen LogP contribution in [0.1, 0.15) is 21.7 Å². The summed E-state index contributed by atoms with van der Waals surface area (Å²) in [6.07, 6.45) is 1.60. The van der Waals surface area contributed by atoms with E-state index >= 15 is 0 Å². The van der Waals surface area contributed by atoms with Crippen molar-refractivity contribution in [3.05, 3.63) is 47.4 Å². The molecule has 0 saturated heterocycles. The van der Waals surface area contributed by atoms with Crippen LogP contribution >= 0.6 is 0 Å². The number of benzene rings is 1. The van der Waals surface area contributed by atoms with Crippen LogP contribution in [0.3, 0.4) is 0 Å². The minimum Gasteiger partial charge on any atom is -0.475 e. The SMILES string of the molecule is Cc1ccc(-c2ccnc3nc(C(=O)O)nn23)c(C)c1. The molecule has 3 aromatic rings. The standard InChI is InChI=1S/C14H12N4O2/c1-8-3-4-10(9(2)7-8)11-5-6-15-14-16-12(13(19)20)17-18(11)14/h3-7H,1-2H3,(H,19,20). The number of rotatable bonds is 2. The number of carbonyl (C=O) groups is 1. The second-order valence-electron chi connectivity index (χ2n) is 4.60. The van der Waals surface area contributed by atoms with Crippen LogP contribution in [0.2, 0.25) is 0 Å². The molecule has 0 bridgehead atoms. The average Bonchev–Trinajstić information content (AvgIpc) is 2.83. The van der Waals surface area contributed by atoms with Crippen molar-refractivity contribution in [3.8, 4) is 11.3 Å². The number of aryl methyl sites for hydroxylation is 2. The smallest absolute Gasteiger partial charge is 0.375 e. The van der Waals surface area contributed by atoms with Gasteiger partial charge in [0.05, 0.1) is 5.69 Å². The van der Waals surface area contributed by atoms with E-state index in [9.17, 15) is 4.79 Å². The average molecular weight is 268 g/mol. The summed E-state index contributed by atoms with van der Waals surface area (Å²) in [6, 6.07) is 7.85. The van der Waals surface area contributed by atoms with Gasteiger partial charge in [-0.2, -0.15) is 9.50 Å². The number of nitrogens with zero attached hydrogens (tertiary/aromatic N) is 4. The first kappa shape index (κ1) is 12.3. The van der Waals surface area contributed by atoms with Crippen molar-refractivity contribution >= 4 is 11.7 Å². The molecule has 0 aliphatic carbocycles. The molecule has 3 rings (SSSR count). The molecule has 0 radical (unpaired) electrons. The lowest BCUT2D eigenvalue weighted by molar-refractivity contribution is 0.0684. The van der Waals surface area contributed by atoms with Crippen molar-refractivity contribution in [2.45, 2.75) is 13.8 Å². The molecule has 0 amide bonds. The van der Waals surface area contributed by atoms with Gasteiger partial charge in [-0.15, -0.1) is 5.10 Å². The highest BCUT2D eigenvalue weighted by molar-refractivity contribution is 5.83. The Morgan fingerprint density at radius 2 is 2.05 bits per heavy atom. The van der Waals surface area contributed by atoms with Gasteiger partial charge in [0.15, 0.2) is 0 Å². The van der Waals surface area contributed by atoms with E-state index in [1.165, 1.54) is 10.1 Å². The van der Waals surface area contributed by atoms with Crippen molar-refractivity contribution in [2.75, 3.05) is 0 Å². The molecule has 0 atom stereocenters. The van der Waals surface area contributed by atoms with E-state index in [0.717, 1.165) is 16.8 Å². The monoisotopic (exact) mass is 268 g/mol. The molecule has 0 aliphatic heterocycles. The van der Waals surface area contributed by atoms with Gasteiger partial charge in [0.2, 0.25) is 0 Å². The topological polar surface area (TPSA) is 80.4 Å². The van der Waals surface area contributed by atoms with Crippen LogP contribution in [0.4, 0.5) is 0 Å². The van der Waals surface area contributed by atoms with Gasteiger partial charge in [0.25, 0.3) is 11.6 Å². The molecule has 6 heteroatoms. The number of carboxylic acid groups (broad SMARTS) is 1. The zero-order chi connectivity index (χ0) is 14.3. The summed E-state index contributed by atoms with van der Waals surface area (Å²) in [5.41, 5.74) is 4.00. The van der Waals surface area contributed by atoms with Gasteiger partial charge in [-0.05, 0) is 25.5 Å². The lowest BCUT2D eigenvalue weighted by Crippen LogP contribution is -2.01. The molecule has 100 valence electrons. The second kappa shape index (κ2) is 4.41. The van der Waals surface area contributed by atoms with Crippen molar-refractivity contribution in [1.82, 2.24) is 19.6 Å². The summed E-state index contributed by atoms with van der Waals surface area (Å²) in [6.45, 7) is 4.03. The highest BCUT2D eigenvalue weighted by atomic mass is 16.4. The highest BCUT2D eigenvalue weighted by Gasteiger charge is 2.15. The fourth-order valence-electron chi connectivity index (χ4n) is 2.19. The Morgan fingerprint density at radius 1 is 1.25 bits per heavy atom. The van der Waals surface area contributed by atoms with E-state index in [0.29, 0.717) is 0 Å². The van der Waals surface area contributed by atoms with Gasteiger partial charge < -0.3 is 5.11 Å². The Labute approximate surface area is 114 Å². The van der Waals surface area contributed by atoms with Crippen molar-refractivity contribution in [1.29, 1.82) is 0 Å². The van der Waals surface area contributed by atoms with Gasteiger partial charge in [-0.3, -0.25) is 0 Å². The summed E-state index contributed by atoms with van der Waals surface area (Å²) >= 11 is 0. The number of aromatic nitrogens is 4. The fourth-order valence-corrected chi connectivity index (χ4v) is 2.19. The van der Waals surface area contributed by atoms with E-state index in [1.807, 2.05) is 26.0 Å². The molecule has 6 nitrogen and oxygen atoms in total. The number of carboxylic acids is 1. The van der Waals surface area contributed by atoms with E-state index in [4.69, 9.17) is 5.11 Å². The zero-order valence-electron chi connectivity index (χ0n) is 11.0. The summed E-state index contributed by atoms with van der Waals surface area (Å²) in [5, 5.41) is 13.0. The summed E-state index contributed by atoms with van der Waals surface area (Å²) in [4.78, 5) is 18.9. The Hall–Kier alpha value is -2.76. The maximum Gasteiger partial charge on any atom is 0.375 e. The number of hydrogen-bond acceptors (Lipinski definition) is 4. The highest BCUT2D eigenvalue weighted by Crippen LogP contribution is 2.23. The lowest BCUT2D eigenvalue weighted by atomic mass is 10.0. The van der Waals surface area contributed by atoms with Gasteiger partial charge in [0, 0.05) is 11.8 Å². The van der Waals surface area contributed by atoms with Gasteiger partial charge in [0.1, 0.15) is 0 Å². The normalized spacial score (nSPS) is 10.9. The Balaban J connectivity index is 2.28. The van der Waals surface area contributed by atoms with Crippen LogP contribution in [0.25, 0.3) is 17.0 Å². The molecule has 0 aliphatic rings. The third-order valence-electron chi connectivity index (χ3n) is 3.09. The molecule has 2 heterocycles. The van der Waals surface area contributed by atoms with Crippen LogP contribution in [-0.2, 0) is 0 Å². The van der Waals surface area contributed by atoms with Crippen LogP contribution in [0.15, 0.2) is 30.5 Å². The molecular formula is C14H12N4O2. The molecular weight excluding hydrogens is 256 g/mol. The third-order valence-corrected chi connectivity index (χ3v) is 3.09. The number of aromatic carboxylic acids is 1. The van der Waals surface area contributed by atoms with Crippen LogP contribution in [0, 0.1) is 13.8 Å². The van der Waals surface area contributed by atoms with Gasteiger partial charge in [-0.1, -0.05) is 23.8 Å². The molecule has 2 aromatic heterocycles. The first-order valence-corrected chi connectivity index (χ1v) is 6.09. The Bertz CT molecular complexity index is 823. The first-order valence-electron chi connectivity index (χ1n) is 6.09. The maximum absolute atomic E-state index is 11.0. The van der Waals surface area contributed by atoms with Gasteiger partial charge in [-0.25, -0.2) is 9.78 Å². The number of fused-ring (bicyclic) bond motifs is 1. The maximum atomic E-state index is 11.0. The molecule has 0 fully saturated rings. The van der Waals surface area contributed by atoms with E-state index in [1.54, 1.807) is 12.3 Å². The minimum absolute atomic E-state index is 0.255. The quantitative estimate of drug-likeness (QED) is 0.769. The van der Waals surface area contributed by atoms with Crippen LogP contribution < -0.4 is 0 Å². The minimum atomic E-state index is -1.16. The molecule has 1 aromatic carbocycles. The van der Waals surface area contributed by atoms with Crippen molar-refractivity contribution in [2.24, 2.45) is 0 Å². The van der Waals surface area contributed by atoms with Crippen molar-refractivity contribution < 1.29 is 9.90 Å². The Kier molecular flexibility index (Phi) is 2.71. The largest absolute Gasteiger partial charge is 0.475 e. The summed E-state index contributed by atoms with van der Waals surface area (Å²) in [5.74, 6) is -1.14. The molecule has 0 spiro atoms. The lowest BCUT2D eigenvalue weighted by Gasteiger charge is -2.08. The van der Waals surface area contributed by atoms with Crippen molar-refractivity contribution in [3.63, 3.8) is 0 Å². The Morgan fingerprint density at radius 3 is 2.75 bits per heavy atom. The van der Waals surface area contributed by atoms with Crippen LogP contribution in [0.5, 0.6) is 0 Å².